The largest absolute Gasteiger partial charge is 0.374 e. The average molecular weight is 414 g/mol. The number of aliphatic hydroxyl groups excluding tert-OH is 1. The summed E-state index contributed by atoms with van der Waals surface area (Å²) in [7, 11) is 0. The SMILES string of the molecule is CCCCN(CCCC)C(O)c1cccc2c(Br)cc3ccccc3c12. The molecule has 0 amide bonds. The lowest BCUT2D eigenvalue weighted by Crippen LogP contribution is -2.31. The van der Waals surface area contributed by atoms with Crippen LogP contribution in [-0.2, 0) is 0 Å². The molecule has 0 heterocycles. The molecule has 0 bridgehead atoms. The van der Waals surface area contributed by atoms with E-state index in [0.717, 1.165) is 59.6 Å². The van der Waals surface area contributed by atoms with Gasteiger partial charge in [-0.3, -0.25) is 4.90 Å². The van der Waals surface area contributed by atoms with Crippen molar-refractivity contribution in [3.63, 3.8) is 0 Å². The van der Waals surface area contributed by atoms with Gasteiger partial charge in [0.15, 0.2) is 0 Å². The highest BCUT2D eigenvalue weighted by Gasteiger charge is 2.20. The maximum absolute atomic E-state index is 11.3. The van der Waals surface area contributed by atoms with E-state index in [-0.39, 0.29) is 0 Å². The number of nitrogens with zero attached hydrogens (tertiary/aromatic N) is 1. The Hall–Kier alpha value is -1.42. The normalized spacial score (nSPS) is 13.0. The highest BCUT2D eigenvalue weighted by atomic mass is 79.9. The number of rotatable bonds is 8. The van der Waals surface area contributed by atoms with Crippen LogP contribution in [0, 0.1) is 0 Å². The maximum Gasteiger partial charge on any atom is 0.134 e. The standard InChI is InChI=1S/C23H28BrNO/c1-3-5-14-25(15-6-4-2)23(26)20-13-9-12-19-21(24)16-17-10-7-8-11-18(17)22(19)20/h7-13,16,23,26H,3-6,14-15H2,1-2H3. The van der Waals surface area contributed by atoms with Crippen LogP contribution >= 0.6 is 15.9 Å². The van der Waals surface area contributed by atoms with E-state index >= 15 is 0 Å². The zero-order chi connectivity index (χ0) is 18.5. The van der Waals surface area contributed by atoms with E-state index in [2.05, 4.69) is 83.2 Å². The third-order valence-electron chi connectivity index (χ3n) is 5.09. The van der Waals surface area contributed by atoms with Crippen LogP contribution in [0.5, 0.6) is 0 Å². The Labute approximate surface area is 165 Å². The molecule has 0 saturated carbocycles. The fourth-order valence-corrected chi connectivity index (χ4v) is 4.20. The van der Waals surface area contributed by atoms with Crippen molar-refractivity contribution in [2.24, 2.45) is 0 Å². The first-order valence-corrected chi connectivity index (χ1v) is 10.5. The number of unbranched alkanes of at least 4 members (excludes halogenated alkanes) is 2. The summed E-state index contributed by atoms with van der Waals surface area (Å²) in [4.78, 5) is 2.23. The summed E-state index contributed by atoms with van der Waals surface area (Å²) in [5.74, 6) is 0. The van der Waals surface area contributed by atoms with Crippen molar-refractivity contribution in [3.8, 4) is 0 Å². The number of benzene rings is 3. The highest BCUT2D eigenvalue weighted by Crippen LogP contribution is 2.37. The second kappa shape index (κ2) is 8.98. The van der Waals surface area contributed by atoms with Crippen LogP contribution in [0.15, 0.2) is 53.0 Å². The molecule has 2 nitrogen and oxygen atoms in total. The average Bonchev–Trinajstić information content (AvgIpc) is 2.67. The predicted molar refractivity (Wildman–Crippen MR) is 116 cm³/mol. The lowest BCUT2D eigenvalue weighted by atomic mass is 9.96. The van der Waals surface area contributed by atoms with Gasteiger partial charge in [0.05, 0.1) is 0 Å². The van der Waals surface area contributed by atoms with Crippen molar-refractivity contribution in [2.45, 2.75) is 45.8 Å². The Kier molecular flexibility index (Phi) is 6.68. The summed E-state index contributed by atoms with van der Waals surface area (Å²) in [6.45, 7) is 6.26. The summed E-state index contributed by atoms with van der Waals surface area (Å²) in [6.07, 6.45) is 3.92. The molecule has 26 heavy (non-hydrogen) atoms. The van der Waals surface area contributed by atoms with Crippen molar-refractivity contribution >= 4 is 37.5 Å². The fourth-order valence-electron chi connectivity index (χ4n) is 3.63. The molecule has 3 aromatic rings. The molecule has 1 atom stereocenters. The van der Waals surface area contributed by atoms with Crippen LogP contribution in [0.3, 0.4) is 0 Å². The Morgan fingerprint density at radius 1 is 0.923 bits per heavy atom. The Morgan fingerprint density at radius 3 is 2.27 bits per heavy atom. The number of hydrogen-bond acceptors (Lipinski definition) is 2. The van der Waals surface area contributed by atoms with Gasteiger partial charge >= 0.3 is 0 Å². The van der Waals surface area contributed by atoms with Crippen molar-refractivity contribution in [3.05, 3.63) is 58.6 Å². The number of aliphatic hydroxyl groups is 1. The van der Waals surface area contributed by atoms with Gasteiger partial charge in [-0.2, -0.15) is 0 Å². The number of fused-ring (bicyclic) bond motifs is 3. The van der Waals surface area contributed by atoms with E-state index in [4.69, 9.17) is 0 Å². The second-order valence-corrected chi connectivity index (χ2v) is 7.82. The molecule has 0 fully saturated rings. The van der Waals surface area contributed by atoms with Gasteiger partial charge in [0.25, 0.3) is 0 Å². The van der Waals surface area contributed by atoms with Gasteiger partial charge in [0.2, 0.25) is 0 Å². The zero-order valence-corrected chi connectivity index (χ0v) is 17.3. The first kappa shape index (κ1) is 19.3. The Balaban J connectivity index is 2.13. The summed E-state index contributed by atoms with van der Waals surface area (Å²) in [5, 5.41) is 16.0. The molecule has 0 radical (unpaired) electrons. The van der Waals surface area contributed by atoms with Crippen molar-refractivity contribution in [1.82, 2.24) is 4.90 Å². The van der Waals surface area contributed by atoms with Gasteiger partial charge < -0.3 is 5.11 Å². The van der Waals surface area contributed by atoms with E-state index < -0.39 is 6.23 Å². The third kappa shape index (κ3) is 3.95. The van der Waals surface area contributed by atoms with Gasteiger partial charge in [-0.1, -0.05) is 85.1 Å². The lowest BCUT2D eigenvalue weighted by molar-refractivity contribution is 0.00106. The molecule has 138 valence electrons. The van der Waals surface area contributed by atoms with Crippen LogP contribution in [0.2, 0.25) is 0 Å². The van der Waals surface area contributed by atoms with Crippen molar-refractivity contribution in [2.75, 3.05) is 13.1 Å². The van der Waals surface area contributed by atoms with Gasteiger partial charge in [0.1, 0.15) is 6.23 Å². The molecule has 0 aromatic heterocycles. The second-order valence-electron chi connectivity index (χ2n) is 6.97. The monoisotopic (exact) mass is 413 g/mol. The quantitative estimate of drug-likeness (QED) is 0.330. The van der Waals surface area contributed by atoms with Crippen molar-refractivity contribution in [1.29, 1.82) is 0 Å². The molecule has 1 N–H and O–H groups in total. The smallest absolute Gasteiger partial charge is 0.134 e. The summed E-state index contributed by atoms with van der Waals surface area (Å²) in [5.41, 5.74) is 1.01. The van der Waals surface area contributed by atoms with Crippen molar-refractivity contribution < 1.29 is 5.11 Å². The van der Waals surface area contributed by atoms with Crippen LogP contribution in [0.25, 0.3) is 21.5 Å². The van der Waals surface area contributed by atoms with Crippen LogP contribution in [0.4, 0.5) is 0 Å². The Morgan fingerprint density at radius 2 is 1.58 bits per heavy atom. The molecule has 3 aromatic carbocycles. The van der Waals surface area contributed by atoms with Gasteiger partial charge in [-0.25, -0.2) is 0 Å². The predicted octanol–water partition coefficient (Wildman–Crippen LogP) is 6.65. The fraction of sp³-hybridized carbons (Fsp3) is 0.391. The van der Waals surface area contributed by atoms with Gasteiger partial charge in [-0.15, -0.1) is 0 Å². The summed E-state index contributed by atoms with van der Waals surface area (Å²) < 4.78 is 1.08. The molecule has 0 aliphatic carbocycles. The first-order chi connectivity index (χ1) is 12.7. The van der Waals surface area contributed by atoms with Gasteiger partial charge in [0, 0.05) is 23.1 Å². The topological polar surface area (TPSA) is 23.5 Å². The minimum absolute atomic E-state index is 0.575. The molecule has 3 heteroatoms. The van der Waals surface area contributed by atoms with E-state index in [0.29, 0.717) is 0 Å². The van der Waals surface area contributed by atoms with E-state index in [1.807, 2.05) is 0 Å². The van der Waals surface area contributed by atoms with Gasteiger partial charge in [-0.05, 0) is 40.5 Å². The highest BCUT2D eigenvalue weighted by molar-refractivity contribution is 9.10. The molecule has 3 rings (SSSR count). The summed E-state index contributed by atoms with van der Waals surface area (Å²) in [6, 6.07) is 16.9. The molecule has 0 aliphatic heterocycles. The molecular weight excluding hydrogens is 386 g/mol. The molecule has 0 saturated heterocycles. The Bertz CT molecular complexity index is 869. The molecule has 0 spiro atoms. The molecule has 0 aliphatic rings. The van der Waals surface area contributed by atoms with E-state index in [9.17, 15) is 5.11 Å². The third-order valence-corrected chi connectivity index (χ3v) is 5.74. The maximum atomic E-state index is 11.3. The zero-order valence-electron chi connectivity index (χ0n) is 15.7. The number of halogens is 1. The van der Waals surface area contributed by atoms with E-state index in [1.54, 1.807) is 0 Å². The van der Waals surface area contributed by atoms with Crippen LogP contribution < -0.4 is 0 Å². The summed E-state index contributed by atoms with van der Waals surface area (Å²) >= 11 is 3.73. The van der Waals surface area contributed by atoms with Crippen LogP contribution in [-0.4, -0.2) is 23.1 Å². The minimum atomic E-state index is -0.575. The first-order valence-electron chi connectivity index (χ1n) is 9.69. The number of hydrogen-bond donors (Lipinski definition) is 1. The molecule has 1 unspecified atom stereocenters. The minimum Gasteiger partial charge on any atom is -0.374 e. The van der Waals surface area contributed by atoms with E-state index in [1.165, 1.54) is 10.8 Å². The van der Waals surface area contributed by atoms with Crippen LogP contribution in [0.1, 0.15) is 51.3 Å². The lowest BCUT2D eigenvalue weighted by Gasteiger charge is -2.29. The molecular formula is C23H28BrNO.